The predicted molar refractivity (Wildman–Crippen MR) is 70.5 cm³/mol. The van der Waals surface area contributed by atoms with E-state index in [4.69, 9.17) is 0 Å². The first kappa shape index (κ1) is 13.4. The van der Waals surface area contributed by atoms with Crippen LogP contribution in [0.15, 0.2) is 0 Å². The van der Waals surface area contributed by atoms with Gasteiger partial charge in [-0.1, -0.05) is 33.7 Å². The van der Waals surface area contributed by atoms with Crippen molar-refractivity contribution in [3.63, 3.8) is 0 Å². The summed E-state index contributed by atoms with van der Waals surface area (Å²) in [6.45, 7) is 12.1. The van der Waals surface area contributed by atoms with Gasteiger partial charge in [0.25, 0.3) is 0 Å². The number of likely N-dealkylation sites (tertiary alicyclic amines) is 1. The third-order valence-electron chi connectivity index (χ3n) is 3.92. The largest absolute Gasteiger partial charge is 0.362 e. The van der Waals surface area contributed by atoms with Gasteiger partial charge in [-0.2, -0.15) is 0 Å². The number of nitrogens with zero attached hydrogens (tertiary/aromatic N) is 1. The molecule has 1 saturated heterocycles. The molecule has 3 radical (unpaired) electrons. The van der Waals surface area contributed by atoms with E-state index in [9.17, 15) is 0 Å². The lowest BCUT2D eigenvalue weighted by Gasteiger charge is -2.44. The first-order valence-electron chi connectivity index (χ1n) is 6.05. The minimum atomic E-state index is -1.42. The van der Waals surface area contributed by atoms with Gasteiger partial charge < -0.3 is 9.55 Å². The maximum Gasteiger partial charge on any atom is 0.135 e. The Morgan fingerprint density at radius 2 is 1.73 bits per heavy atom. The lowest BCUT2D eigenvalue weighted by Crippen LogP contribution is -2.61. The average molecular weight is 242 g/mol. The van der Waals surface area contributed by atoms with Gasteiger partial charge in [0.2, 0.25) is 0 Å². The molecule has 1 unspecified atom stereocenters. The van der Waals surface area contributed by atoms with Crippen molar-refractivity contribution in [3.05, 3.63) is 0 Å². The summed E-state index contributed by atoms with van der Waals surface area (Å²) in [6, 6.07) is 0. The lowest BCUT2D eigenvalue weighted by molar-refractivity contribution is 0.255. The highest BCUT2D eigenvalue weighted by Crippen LogP contribution is 2.34. The molecule has 1 aliphatic heterocycles. The topological polar surface area (TPSA) is 15.3 Å². The van der Waals surface area contributed by atoms with Crippen molar-refractivity contribution in [3.8, 4) is 0 Å². The second-order valence-corrected chi connectivity index (χ2v) is 11.5. The molecular formula is C11H25N2Si2. The molecule has 0 aromatic heterocycles. The fraction of sp³-hybridized carbons (Fsp3) is 1.00. The van der Waals surface area contributed by atoms with Crippen molar-refractivity contribution < 1.29 is 0 Å². The molecule has 0 aromatic rings. The molecular weight excluding hydrogens is 216 g/mol. The number of rotatable bonds is 3. The van der Waals surface area contributed by atoms with Crippen molar-refractivity contribution >= 4 is 18.6 Å². The van der Waals surface area contributed by atoms with Crippen molar-refractivity contribution in [1.82, 2.24) is 9.55 Å². The zero-order valence-electron chi connectivity index (χ0n) is 10.7. The van der Waals surface area contributed by atoms with Gasteiger partial charge in [0, 0.05) is 6.17 Å². The van der Waals surface area contributed by atoms with Crippen LogP contribution in [0.2, 0.25) is 11.6 Å². The molecule has 0 bridgehead atoms. The second-order valence-electron chi connectivity index (χ2n) is 6.04. The van der Waals surface area contributed by atoms with Crippen molar-refractivity contribution in [2.45, 2.75) is 51.6 Å². The minimum absolute atomic E-state index is 0.395. The minimum Gasteiger partial charge on any atom is -0.362 e. The number of hydrogen-bond donors (Lipinski definition) is 1. The molecule has 1 N–H and O–H groups in total. The fourth-order valence-electron chi connectivity index (χ4n) is 2.03. The van der Waals surface area contributed by atoms with Crippen LogP contribution in [0.5, 0.6) is 0 Å². The molecule has 1 atom stereocenters. The van der Waals surface area contributed by atoms with Gasteiger partial charge in [0.15, 0.2) is 0 Å². The monoisotopic (exact) mass is 241 g/mol. The molecule has 1 aliphatic rings. The van der Waals surface area contributed by atoms with E-state index in [0.717, 1.165) is 0 Å². The molecule has 15 heavy (non-hydrogen) atoms. The molecule has 0 aliphatic carbocycles. The summed E-state index contributed by atoms with van der Waals surface area (Å²) in [5.41, 5.74) is 0. The Morgan fingerprint density at radius 3 is 2.13 bits per heavy atom. The Balaban J connectivity index is 2.58. The first-order chi connectivity index (χ1) is 6.89. The van der Waals surface area contributed by atoms with Gasteiger partial charge in [-0.3, -0.25) is 0 Å². The molecule has 1 heterocycles. The first-order valence-corrected chi connectivity index (χ1v) is 9.26. The van der Waals surface area contributed by atoms with E-state index in [1.165, 1.54) is 38.5 Å². The summed E-state index contributed by atoms with van der Waals surface area (Å²) in [7, 11) is 2.15. The van der Waals surface area contributed by atoms with Gasteiger partial charge in [0.05, 0.1) is 0 Å². The third kappa shape index (κ3) is 3.41. The zero-order chi connectivity index (χ0) is 11.5. The Morgan fingerprint density at radius 1 is 1.20 bits per heavy atom. The smallest absolute Gasteiger partial charge is 0.135 e. The van der Waals surface area contributed by atoms with Gasteiger partial charge in [-0.15, -0.1) is 0 Å². The normalized spacial score (nSPS) is 23.8. The van der Waals surface area contributed by atoms with Crippen LogP contribution in [0.1, 0.15) is 40.0 Å². The van der Waals surface area contributed by atoms with Crippen LogP contribution < -0.4 is 4.65 Å². The average Bonchev–Trinajstić information content (AvgIpc) is 2.17. The molecule has 2 nitrogen and oxygen atoms in total. The Labute approximate surface area is 99.4 Å². The Hall–Kier alpha value is 0.354. The van der Waals surface area contributed by atoms with Gasteiger partial charge in [-0.25, -0.2) is 0 Å². The van der Waals surface area contributed by atoms with Crippen LogP contribution in [0.25, 0.3) is 0 Å². The summed E-state index contributed by atoms with van der Waals surface area (Å²) in [5, 5.41) is 0.395. The number of piperidine rings is 1. The molecule has 0 saturated carbocycles. The molecule has 87 valence electrons. The summed E-state index contributed by atoms with van der Waals surface area (Å²) in [6.07, 6.45) is 5.46. The van der Waals surface area contributed by atoms with Crippen LogP contribution in [0, 0.1) is 0 Å². The molecule has 1 fully saturated rings. The third-order valence-corrected chi connectivity index (χ3v) is 10.5. The van der Waals surface area contributed by atoms with Crippen LogP contribution in [0.4, 0.5) is 0 Å². The van der Waals surface area contributed by atoms with E-state index in [1.54, 1.807) is 0 Å². The number of hydrogen-bond acceptors (Lipinski definition) is 2. The quantitative estimate of drug-likeness (QED) is 0.761. The van der Waals surface area contributed by atoms with E-state index >= 15 is 0 Å². The standard InChI is InChI=1S/C11H25N2Si2/c1-11(2,3)15(4,12-14)10-13-8-6-5-7-9-13/h12H,5-10H2,1-4H3. The summed E-state index contributed by atoms with van der Waals surface area (Å²) < 4.78 is 3.47. The van der Waals surface area contributed by atoms with Crippen LogP contribution >= 0.6 is 0 Å². The summed E-state index contributed by atoms with van der Waals surface area (Å²) in [5.74, 6) is 0. The number of nitrogens with one attached hydrogen (secondary N) is 1. The maximum atomic E-state index is 3.57. The van der Waals surface area contributed by atoms with Gasteiger partial charge >= 0.3 is 0 Å². The predicted octanol–water partition coefficient (Wildman–Crippen LogP) is 2.06. The van der Waals surface area contributed by atoms with Gasteiger partial charge in [0.1, 0.15) is 18.6 Å². The van der Waals surface area contributed by atoms with E-state index in [2.05, 4.69) is 47.3 Å². The highest BCUT2D eigenvalue weighted by molar-refractivity contribution is 6.82. The van der Waals surface area contributed by atoms with Crippen molar-refractivity contribution in [2.75, 3.05) is 19.3 Å². The van der Waals surface area contributed by atoms with Crippen LogP contribution in [-0.4, -0.2) is 42.8 Å². The van der Waals surface area contributed by atoms with E-state index in [0.29, 0.717) is 5.04 Å². The van der Waals surface area contributed by atoms with E-state index in [-0.39, 0.29) is 0 Å². The van der Waals surface area contributed by atoms with Gasteiger partial charge in [-0.05, 0) is 31.0 Å². The summed E-state index contributed by atoms with van der Waals surface area (Å²) in [4.78, 5) is 2.65. The SMILES string of the molecule is CC(C)(C)[Si](C)(CN1CCCCC1)N[Si]. The second kappa shape index (κ2) is 5.12. The van der Waals surface area contributed by atoms with E-state index < -0.39 is 8.24 Å². The lowest BCUT2D eigenvalue weighted by atomic mass is 10.1. The molecule has 4 heteroatoms. The van der Waals surface area contributed by atoms with Crippen LogP contribution in [0.3, 0.4) is 0 Å². The highest BCUT2D eigenvalue weighted by atomic mass is 28.4. The van der Waals surface area contributed by atoms with E-state index in [1.807, 2.05) is 0 Å². The van der Waals surface area contributed by atoms with Crippen molar-refractivity contribution in [1.29, 1.82) is 0 Å². The fourth-order valence-corrected chi connectivity index (χ4v) is 5.53. The Kier molecular flexibility index (Phi) is 4.58. The molecule has 1 rings (SSSR count). The molecule has 0 amide bonds. The van der Waals surface area contributed by atoms with Crippen molar-refractivity contribution in [2.24, 2.45) is 0 Å². The molecule has 0 aromatic carbocycles. The maximum absolute atomic E-state index is 3.57. The van der Waals surface area contributed by atoms with Crippen LogP contribution in [-0.2, 0) is 0 Å². The molecule has 0 spiro atoms. The Bertz CT molecular complexity index is 197. The zero-order valence-corrected chi connectivity index (χ0v) is 12.7. The summed E-state index contributed by atoms with van der Waals surface area (Å²) >= 11 is 0. The highest BCUT2D eigenvalue weighted by Gasteiger charge is 2.40.